The van der Waals surface area contributed by atoms with Crippen molar-refractivity contribution in [1.82, 2.24) is 0 Å². The van der Waals surface area contributed by atoms with Crippen LogP contribution < -0.4 is 0 Å². The van der Waals surface area contributed by atoms with Crippen molar-refractivity contribution in [3.8, 4) is 0 Å². The molecule has 0 bridgehead atoms. The van der Waals surface area contributed by atoms with Gasteiger partial charge in [0, 0.05) is 22.0 Å². The molecule has 0 spiro atoms. The lowest BCUT2D eigenvalue weighted by atomic mass is 10.0. The molecule has 0 aliphatic rings. The monoisotopic (exact) mass is 256 g/mol. The van der Waals surface area contributed by atoms with Gasteiger partial charge in [-0.3, -0.25) is 0 Å². The van der Waals surface area contributed by atoms with Crippen LogP contribution in [0.3, 0.4) is 0 Å². The SMILES string of the molecule is OC(Cc1ccoc1)c1cc(Cl)ccc1Cl. The summed E-state index contributed by atoms with van der Waals surface area (Å²) in [5.74, 6) is 0. The molecule has 84 valence electrons. The summed E-state index contributed by atoms with van der Waals surface area (Å²) in [4.78, 5) is 0. The Balaban J connectivity index is 2.20. The Morgan fingerprint density at radius 2 is 2.06 bits per heavy atom. The van der Waals surface area contributed by atoms with Gasteiger partial charge in [-0.05, 0) is 29.8 Å². The van der Waals surface area contributed by atoms with Crippen molar-refractivity contribution >= 4 is 23.2 Å². The maximum absolute atomic E-state index is 10.0. The second-order valence-electron chi connectivity index (χ2n) is 3.52. The Morgan fingerprint density at radius 1 is 1.25 bits per heavy atom. The van der Waals surface area contributed by atoms with Gasteiger partial charge in [-0.25, -0.2) is 0 Å². The van der Waals surface area contributed by atoms with Crippen molar-refractivity contribution in [1.29, 1.82) is 0 Å². The topological polar surface area (TPSA) is 33.4 Å². The Labute approximate surface area is 103 Å². The Morgan fingerprint density at radius 3 is 2.75 bits per heavy atom. The smallest absolute Gasteiger partial charge is 0.0935 e. The zero-order valence-corrected chi connectivity index (χ0v) is 9.87. The fourth-order valence-electron chi connectivity index (χ4n) is 1.51. The van der Waals surface area contributed by atoms with Crippen molar-refractivity contribution in [2.75, 3.05) is 0 Å². The molecule has 0 saturated heterocycles. The van der Waals surface area contributed by atoms with Crippen molar-refractivity contribution in [2.24, 2.45) is 0 Å². The predicted molar refractivity (Wildman–Crippen MR) is 63.8 cm³/mol. The first-order valence-corrected chi connectivity index (χ1v) is 5.56. The van der Waals surface area contributed by atoms with E-state index in [2.05, 4.69) is 0 Å². The molecular weight excluding hydrogens is 247 g/mol. The summed E-state index contributed by atoms with van der Waals surface area (Å²) >= 11 is 11.8. The lowest BCUT2D eigenvalue weighted by Gasteiger charge is -2.11. The van der Waals surface area contributed by atoms with Crippen LogP contribution in [0.5, 0.6) is 0 Å². The Hall–Kier alpha value is -0.960. The average Bonchev–Trinajstić information content (AvgIpc) is 2.74. The van der Waals surface area contributed by atoms with E-state index in [4.69, 9.17) is 27.6 Å². The summed E-state index contributed by atoms with van der Waals surface area (Å²) in [6.07, 6.45) is 2.95. The third-order valence-corrected chi connectivity index (χ3v) is 2.91. The Kier molecular flexibility index (Phi) is 3.54. The van der Waals surface area contributed by atoms with E-state index in [0.717, 1.165) is 5.56 Å². The number of rotatable bonds is 3. The number of furan rings is 1. The van der Waals surface area contributed by atoms with E-state index in [0.29, 0.717) is 22.0 Å². The third-order valence-electron chi connectivity index (χ3n) is 2.33. The molecule has 0 saturated carbocycles. The average molecular weight is 257 g/mol. The first-order chi connectivity index (χ1) is 7.66. The lowest BCUT2D eigenvalue weighted by Crippen LogP contribution is -2.01. The molecule has 2 nitrogen and oxygen atoms in total. The summed E-state index contributed by atoms with van der Waals surface area (Å²) in [5.41, 5.74) is 1.55. The second kappa shape index (κ2) is 4.91. The van der Waals surface area contributed by atoms with E-state index in [1.54, 1.807) is 30.7 Å². The van der Waals surface area contributed by atoms with Gasteiger partial charge >= 0.3 is 0 Å². The van der Waals surface area contributed by atoms with E-state index in [1.807, 2.05) is 6.07 Å². The summed E-state index contributed by atoms with van der Waals surface area (Å²) in [6.45, 7) is 0. The molecule has 1 N–H and O–H groups in total. The molecule has 2 aromatic rings. The van der Waals surface area contributed by atoms with Crippen LogP contribution in [0.1, 0.15) is 17.2 Å². The second-order valence-corrected chi connectivity index (χ2v) is 4.36. The minimum atomic E-state index is -0.677. The highest BCUT2D eigenvalue weighted by molar-refractivity contribution is 6.33. The largest absolute Gasteiger partial charge is 0.472 e. The number of aliphatic hydroxyl groups is 1. The first kappa shape index (κ1) is 11.5. The maximum atomic E-state index is 10.0. The number of hydrogen-bond acceptors (Lipinski definition) is 2. The van der Waals surface area contributed by atoms with Crippen molar-refractivity contribution < 1.29 is 9.52 Å². The van der Waals surface area contributed by atoms with Crippen LogP contribution >= 0.6 is 23.2 Å². The number of halogens is 2. The zero-order chi connectivity index (χ0) is 11.5. The lowest BCUT2D eigenvalue weighted by molar-refractivity contribution is 0.178. The fourth-order valence-corrected chi connectivity index (χ4v) is 1.94. The summed E-state index contributed by atoms with van der Waals surface area (Å²) in [7, 11) is 0. The van der Waals surface area contributed by atoms with Crippen molar-refractivity contribution in [3.05, 3.63) is 58.0 Å². The normalized spacial score (nSPS) is 12.7. The van der Waals surface area contributed by atoms with Crippen LogP contribution in [0.4, 0.5) is 0 Å². The van der Waals surface area contributed by atoms with E-state index < -0.39 is 6.10 Å². The molecule has 0 amide bonds. The van der Waals surface area contributed by atoms with Crippen LogP contribution in [0.2, 0.25) is 10.0 Å². The molecule has 0 fully saturated rings. The van der Waals surface area contributed by atoms with Crippen LogP contribution in [-0.2, 0) is 6.42 Å². The highest BCUT2D eigenvalue weighted by atomic mass is 35.5. The van der Waals surface area contributed by atoms with E-state index in [1.165, 1.54) is 0 Å². The Bertz CT molecular complexity index is 466. The first-order valence-electron chi connectivity index (χ1n) is 4.81. The number of benzene rings is 1. The van der Waals surface area contributed by atoms with Crippen LogP contribution in [0, 0.1) is 0 Å². The van der Waals surface area contributed by atoms with Gasteiger partial charge < -0.3 is 9.52 Å². The van der Waals surface area contributed by atoms with Gasteiger partial charge in [0.2, 0.25) is 0 Å². The summed E-state index contributed by atoms with van der Waals surface area (Å²) < 4.78 is 4.94. The minimum Gasteiger partial charge on any atom is -0.472 e. The van der Waals surface area contributed by atoms with Crippen molar-refractivity contribution in [3.63, 3.8) is 0 Å². The number of aliphatic hydroxyl groups excluding tert-OH is 1. The molecule has 1 aromatic heterocycles. The summed E-state index contributed by atoms with van der Waals surface area (Å²) in [5, 5.41) is 11.1. The molecule has 0 aliphatic carbocycles. The van der Waals surface area contributed by atoms with E-state index >= 15 is 0 Å². The molecule has 0 aliphatic heterocycles. The highest BCUT2D eigenvalue weighted by Gasteiger charge is 2.13. The van der Waals surface area contributed by atoms with Crippen molar-refractivity contribution in [2.45, 2.75) is 12.5 Å². The van der Waals surface area contributed by atoms with E-state index in [9.17, 15) is 5.11 Å². The van der Waals surface area contributed by atoms with Gasteiger partial charge in [-0.2, -0.15) is 0 Å². The molecule has 0 radical (unpaired) electrons. The summed E-state index contributed by atoms with van der Waals surface area (Å²) in [6, 6.07) is 6.85. The van der Waals surface area contributed by atoms with Gasteiger partial charge in [0.05, 0.1) is 18.6 Å². The maximum Gasteiger partial charge on any atom is 0.0935 e. The highest BCUT2D eigenvalue weighted by Crippen LogP contribution is 2.28. The van der Waals surface area contributed by atoms with Gasteiger partial charge in [-0.1, -0.05) is 23.2 Å². The van der Waals surface area contributed by atoms with Gasteiger partial charge in [0.15, 0.2) is 0 Å². The van der Waals surface area contributed by atoms with Gasteiger partial charge in [0.1, 0.15) is 0 Å². The van der Waals surface area contributed by atoms with Crippen LogP contribution in [-0.4, -0.2) is 5.11 Å². The molecule has 4 heteroatoms. The molecule has 1 unspecified atom stereocenters. The molecule has 1 heterocycles. The molecule has 16 heavy (non-hydrogen) atoms. The van der Waals surface area contributed by atoms with Crippen LogP contribution in [0.15, 0.2) is 41.2 Å². The zero-order valence-electron chi connectivity index (χ0n) is 8.36. The quantitative estimate of drug-likeness (QED) is 0.905. The van der Waals surface area contributed by atoms with Gasteiger partial charge in [0.25, 0.3) is 0 Å². The predicted octanol–water partition coefficient (Wildman–Crippen LogP) is 3.86. The minimum absolute atomic E-state index is 0.455. The molecule has 1 atom stereocenters. The molecular formula is C12H10Cl2O2. The van der Waals surface area contributed by atoms with Gasteiger partial charge in [-0.15, -0.1) is 0 Å². The fraction of sp³-hybridized carbons (Fsp3) is 0.167. The molecule has 1 aromatic carbocycles. The van der Waals surface area contributed by atoms with E-state index in [-0.39, 0.29) is 0 Å². The third kappa shape index (κ3) is 2.59. The van der Waals surface area contributed by atoms with Crippen LogP contribution in [0.25, 0.3) is 0 Å². The standard InChI is InChI=1S/C12H10Cl2O2/c13-9-1-2-11(14)10(6-9)12(15)5-8-3-4-16-7-8/h1-4,6-7,12,15H,5H2. The number of hydrogen-bond donors (Lipinski definition) is 1. The molecule has 2 rings (SSSR count).